The van der Waals surface area contributed by atoms with Gasteiger partial charge in [-0.3, -0.25) is 0 Å². The summed E-state index contributed by atoms with van der Waals surface area (Å²) >= 11 is 0. The smallest absolute Gasteiger partial charge is 0.0224 e. The highest BCUT2D eigenvalue weighted by Gasteiger charge is 1.98. The number of hydrogen-bond donors (Lipinski definition) is 0. The van der Waals surface area contributed by atoms with Gasteiger partial charge in [0.2, 0.25) is 0 Å². The van der Waals surface area contributed by atoms with Crippen LogP contribution in [-0.2, 0) is 6.42 Å². The second-order valence-electron chi connectivity index (χ2n) is 6.74. The van der Waals surface area contributed by atoms with Crippen molar-refractivity contribution in [2.45, 2.75) is 164 Å². The molecule has 0 saturated heterocycles. The summed E-state index contributed by atoms with van der Waals surface area (Å²) in [5.74, 6) is 0.763. The normalized spacial score (nSPS) is 11.4. The Morgan fingerprint density at radius 2 is 0.971 bits per heavy atom. The second kappa shape index (κ2) is 49.8. The van der Waals surface area contributed by atoms with E-state index < -0.39 is 0 Å². The van der Waals surface area contributed by atoms with Gasteiger partial charge in [0.1, 0.15) is 0 Å². The molecule has 0 aliphatic heterocycles. The zero-order valence-electron chi connectivity index (χ0n) is 28.8. The molecule has 0 saturated carbocycles. The molecule has 1 aromatic rings. The van der Waals surface area contributed by atoms with Gasteiger partial charge in [-0.05, 0) is 68.7 Å². The zero-order valence-corrected chi connectivity index (χ0v) is 28.8. The number of allylic oxidation sites excluding steroid dienone is 4. The van der Waals surface area contributed by atoms with Crippen LogP contribution < -0.4 is 0 Å². The summed E-state index contributed by atoms with van der Waals surface area (Å²) in [6.07, 6.45) is 11.7. The van der Waals surface area contributed by atoms with Crippen LogP contribution in [0.3, 0.4) is 0 Å². The molecule has 1 atom stereocenters. The van der Waals surface area contributed by atoms with Crippen LogP contribution in [0, 0.1) is 26.7 Å². The van der Waals surface area contributed by atoms with Crippen molar-refractivity contribution in [3.63, 3.8) is 0 Å². The molecule has 214 valence electrons. The van der Waals surface area contributed by atoms with Crippen LogP contribution in [0.1, 0.15) is 159 Å². The van der Waals surface area contributed by atoms with Gasteiger partial charge < -0.3 is 0 Å². The summed E-state index contributed by atoms with van der Waals surface area (Å²) in [7, 11) is 0. The maximum absolute atomic E-state index is 2.30. The van der Waals surface area contributed by atoms with Crippen molar-refractivity contribution >= 4 is 0 Å². The minimum absolute atomic E-state index is 0.763. The fourth-order valence-corrected chi connectivity index (χ4v) is 2.24. The number of rotatable bonds is 2. The molecule has 0 heterocycles. The lowest BCUT2D eigenvalue weighted by atomic mass is 9.99. The first-order valence-corrected chi connectivity index (χ1v) is 15.3. The molecule has 0 fully saturated rings. The monoisotopic (exact) mass is 495 g/mol. The predicted octanol–water partition coefficient (Wildman–Crippen LogP) is 13.7. The van der Waals surface area contributed by atoms with Gasteiger partial charge in [0.25, 0.3) is 0 Å². The molecule has 1 aliphatic carbocycles. The number of benzene rings is 1. The van der Waals surface area contributed by atoms with Gasteiger partial charge in [-0.15, -0.1) is 0 Å². The molecular formula is C35H74. The molecule has 0 heteroatoms. The van der Waals surface area contributed by atoms with Crippen LogP contribution in [0.5, 0.6) is 0 Å². The Balaban J connectivity index is -0.0000000579. The van der Waals surface area contributed by atoms with E-state index in [9.17, 15) is 0 Å². The SMILES string of the molecule is CC.CC.CC.CC.CC.CC.CC1=CCC(C)C=C1.CCCC.CCc1cc(C)c(C)cc1C. The van der Waals surface area contributed by atoms with E-state index in [2.05, 4.69) is 85.8 Å². The molecule has 0 bridgehead atoms. The number of aryl methyl sites for hydroxylation is 4. The molecule has 35 heavy (non-hydrogen) atoms. The van der Waals surface area contributed by atoms with Gasteiger partial charge in [-0.25, -0.2) is 0 Å². The quantitative estimate of drug-likeness (QED) is 0.383. The van der Waals surface area contributed by atoms with Gasteiger partial charge in [0, 0.05) is 0 Å². The lowest BCUT2D eigenvalue weighted by molar-refractivity contribution is 0.731. The van der Waals surface area contributed by atoms with Gasteiger partial charge in [-0.2, -0.15) is 0 Å². The minimum atomic E-state index is 0.763. The molecule has 1 aromatic carbocycles. The molecule has 1 aliphatic rings. The van der Waals surface area contributed by atoms with Crippen LogP contribution in [0.25, 0.3) is 0 Å². The lowest BCUT2D eigenvalue weighted by Gasteiger charge is -2.06. The summed E-state index contributed by atoms with van der Waals surface area (Å²) in [6, 6.07) is 4.57. The van der Waals surface area contributed by atoms with Crippen LogP contribution in [0.15, 0.2) is 35.9 Å². The van der Waals surface area contributed by atoms with Crippen molar-refractivity contribution in [2.75, 3.05) is 0 Å². The van der Waals surface area contributed by atoms with Crippen molar-refractivity contribution in [3.05, 3.63) is 58.2 Å². The fourth-order valence-electron chi connectivity index (χ4n) is 2.24. The van der Waals surface area contributed by atoms with Crippen molar-refractivity contribution in [3.8, 4) is 0 Å². The minimum Gasteiger partial charge on any atom is -0.0811 e. The molecule has 2 rings (SSSR count). The highest BCUT2D eigenvalue weighted by atomic mass is 14.0. The molecule has 0 amide bonds. The third kappa shape index (κ3) is 40.2. The molecule has 0 N–H and O–H groups in total. The van der Waals surface area contributed by atoms with E-state index in [1.165, 1.54) is 47.1 Å². The molecule has 0 radical (unpaired) electrons. The van der Waals surface area contributed by atoms with E-state index in [-0.39, 0.29) is 0 Å². The largest absolute Gasteiger partial charge is 0.0811 e. The van der Waals surface area contributed by atoms with Gasteiger partial charge in [0.15, 0.2) is 0 Å². The number of hydrogen-bond acceptors (Lipinski definition) is 0. The Morgan fingerprint density at radius 1 is 0.600 bits per heavy atom. The van der Waals surface area contributed by atoms with E-state index in [0.29, 0.717) is 0 Å². The van der Waals surface area contributed by atoms with Crippen molar-refractivity contribution in [2.24, 2.45) is 5.92 Å². The highest BCUT2D eigenvalue weighted by molar-refractivity contribution is 5.36. The third-order valence-electron chi connectivity index (χ3n) is 4.33. The van der Waals surface area contributed by atoms with Crippen molar-refractivity contribution in [1.29, 1.82) is 0 Å². The first kappa shape index (κ1) is 50.5. The fraction of sp³-hybridized carbons (Fsp3) is 0.714. The van der Waals surface area contributed by atoms with Gasteiger partial charge >= 0.3 is 0 Å². The summed E-state index contributed by atoms with van der Waals surface area (Å²) in [5, 5.41) is 0. The first-order chi connectivity index (χ1) is 16.8. The summed E-state index contributed by atoms with van der Waals surface area (Å²) < 4.78 is 0. The summed E-state index contributed by atoms with van der Waals surface area (Å²) in [4.78, 5) is 0. The lowest BCUT2D eigenvalue weighted by Crippen LogP contribution is -1.91. The Labute approximate surface area is 228 Å². The standard InChI is InChI=1S/C11H16.C8H12.C4H10.6C2H6/c1-5-11-7-9(3)8(2)6-10(11)4;1-7-3-5-8(2)6-4-7;1-3-4-2;6*1-2/h6-7H,5H2,1-4H3;3-5,8H,6H2,1-2H3;3-4H2,1-2H3;6*1-2H3. The molecule has 0 nitrogen and oxygen atoms in total. The van der Waals surface area contributed by atoms with E-state index in [4.69, 9.17) is 0 Å². The predicted molar refractivity (Wildman–Crippen MR) is 175 cm³/mol. The molecule has 0 spiro atoms. The van der Waals surface area contributed by atoms with Gasteiger partial charge in [0.05, 0.1) is 0 Å². The topological polar surface area (TPSA) is 0 Å². The number of unbranched alkanes of at least 4 members (excludes halogenated alkanes) is 1. The van der Waals surface area contributed by atoms with E-state index in [0.717, 1.165) is 12.3 Å². The maximum Gasteiger partial charge on any atom is -0.0224 e. The third-order valence-corrected chi connectivity index (χ3v) is 4.33. The average molecular weight is 495 g/mol. The Kier molecular flexibility index (Phi) is 71.9. The second-order valence-corrected chi connectivity index (χ2v) is 6.74. The summed E-state index contributed by atoms with van der Waals surface area (Å²) in [6.45, 7) is 41.5. The highest BCUT2D eigenvalue weighted by Crippen LogP contribution is 2.15. The molecular weight excluding hydrogens is 420 g/mol. The van der Waals surface area contributed by atoms with E-state index >= 15 is 0 Å². The van der Waals surface area contributed by atoms with Crippen LogP contribution in [0.2, 0.25) is 0 Å². The zero-order chi connectivity index (χ0) is 29.8. The van der Waals surface area contributed by atoms with E-state index in [1.54, 1.807) is 0 Å². The van der Waals surface area contributed by atoms with Gasteiger partial charge in [-0.1, -0.05) is 160 Å². The Bertz CT molecular complexity index is 501. The molecule has 1 unspecified atom stereocenters. The summed E-state index contributed by atoms with van der Waals surface area (Å²) in [5.41, 5.74) is 7.12. The Hall–Kier alpha value is -1.30. The molecule has 0 aromatic heterocycles. The van der Waals surface area contributed by atoms with E-state index in [1.807, 2.05) is 83.1 Å². The first-order valence-electron chi connectivity index (χ1n) is 15.3. The Morgan fingerprint density at radius 3 is 1.23 bits per heavy atom. The van der Waals surface area contributed by atoms with Crippen LogP contribution in [-0.4, -0.2) is 0 Å². The average Bonchev–Trinajstić information content (AvgIpc) is 2.95. The van der Waals surface area contributed by atoms with Crippen molar-refractivity contribution < 1.29 is 0 Å². The maximum atomic E-state index is 2.30. The van der Waals surface area contributed by atoms with Crippen LogP contribution in [0.4, 0.5) is 0 Å². The van der Waals surface area contributed by atoms with Crippen LogP contribution >= 0.6 is 0 Å². The van der Waals surface area contributed by atoms with Crippen molar-refractivity contribution in [1.82, 2.24) is 0 Å².